The highest BCUT2D eigenvalue weighted by Gasteiger charge is 2.26. The highest BCUT2D eigenvalue weighted by atomic mass is 16.4. The number of fused-ring (bicyclic) bond motifs is 1. The molecule has 4 rings (SSSR count). The maximum Gasteiger partial charge on any atom is 0.272 e. The van der Waals surface area contributed by atoms with Gasteiger partial charge in [0.25, 0.3) is 5.91 Å². The summed E-state index contributed by atoms with van der Waals surface area (Å²) in [6.45, 7) is 2.94. The van der Waals surface area contributed by atoms with Gasteiger partial charge in [-0.3, -0.25) is 4.79 Å². The second-order valence-corrected chi connectivity index (χ2v) is 6.00. The van der Waals surface area contributed by atoms with Crippen LogP contribution in [0.2, 0.25) is 0 Å². The van der Waals surface area contributed by atoms with Crippen molar-refractivity contribution in [1.29, 1.82) is 0 Å². The Labute approximate surface area is 139 Å². The lowest BCUT2D eigenvalue weighted by atomic mass is 10.1. The molecular formula is C18H18N4O2. The number of hydrogen-bond acceptors (Lipinski definition) is 4. The minimum Gasteiger partial charge on any atom is -0.445 e. The Morgan fingerprint density at radius 2 is 2.17 bits per heavy atom. The van der Waals surface area contributed by atoms with E-state index in [1.807, 2.05) is 25.1 Å². The van der Waals surface area contributed by atoms with Crippen molar-refractivity contribution in [2.75, 3.05) is 6.54 Å². The number of carbonyl (C=O) groups excluding carboxylic acids is 1. The zero-order valence-corrected chi connectivity index (χ0v) is 13.5. The van der Waals surface area contributed by atoms with Crippen LogP contribution in [0.15, 0.2) is 40.9 Å². The van der Waals surface area contributed by atoms with Crippen LogP contribution in [0.25, 0.3) is 0 Å². The third kappa shape index (κ3) is 2.82. The van der Waals surface area contributed by atoms with Gasteiger partial charge < -0.3 is 14.3 Å². The molecule has 0 saturated heterocycles. The van der Waals surface area contributed by atoms with E-state index in [2.05, 4.69) is 27.1 Å². The Hall–Kier alpha value is -2.89. The normalized spacial score (nSPS) is 13.8. The van der Waals surface area contributed by atoms with Crippen LogP contribution in [0.4, 0.5) is 0 Å². The molecule has 1 aliphatic heterocycles. The molecule has 0 radical (unpaired) electrons. The van der Waals surface area contributed by atoms with E-state index in [1.165, 1.54) is 0 Å². The van der Waals surface area contributed by atoms with Crippen LogP contribution in [0, 0.1) is 6.92 Å². The smallest absolute Gasteiger partial charge is 0.272 e. The van der Waals surface area contributed by atoms with Crippen LogP contribution >= 0.6 is 0 Å². The molecule has 1 amide bonds. The summed E-state index contributed by atoms with van der Waals surface area (Å²) >= 11 is 0. The van der Waals surface area contributed by atoms with Gasteiger partial charge >= 0.3 is 0 Å². The fraction of sp³-hybridized carbons (Fsp3) is 0.278. The second kappa shape index (κ2) is 5.96. The highest BCUT2D eigenvalue weighted by Crippen LogP contribution is 2.22. The number of imidazole rings is 1. The fourth-order valence-corrected chi connectivity index (χ4v) is 2.97. The van der Waals surface area contributed by atoms with Crippen molar-refractivity contribution in [1.82, 2.24) is 19.9 Å². The Kier molecular flexibility index (Phi) is 3.65. The average molecular weight is 322 g/mol. The van der Waals surface area contributed by atoms with E-state index in [0.717, 1.165) is 22.8 Å². The minimum atomic E-state index is -0.0474. The van der Waals surface area contributed by atoms with Gasteiger partial charge in [-0.15, -0.1) is 0 Å². The van der Waals surface area contributed by atoms with Crippen LogP contribution in [0.3, 0.4) is 0 Å². The third-order valence-electron chi connectivity index (χ3n) is 4.19. The van der Waals surface area contributed by atoms with Gasteiger partial charge in [0.1, 0.15) is 23.0 Å². The number of aromatic amines is 1. The first-order valence-corrected chi connectivity index (χ1v) is 8.01. The molecule has 3 heterocycles. The third-order valence-corrected chi connectivity index (χ3v) is 4.19. The Balaban J connectivity index is 1.50. The number of aryl methyl sites for hydroxylation is 1. The van der Waals surface area contributed by atoms with Crippen LogP contribution < -0.4 is 0 Å². The number of nitrogens with one attached hydrogen (secondary N) is 1. The van der Waals surface area contributed by atoms with E-state index in [9.17, 15) is 4.79 Å². The van der Waals surface area contributed by atoms with Crippen LogP contribution in [-0.4, -0.2) is 32.3 Å². The molecule has 6 heteroatoms. The van der Waals surface area contributed by atoms with Gasteiger partial charge in [-0.25, -0.2) is 9.97 Å². The van der Waals surface area contributed by atoms with Crippen molar-refractivity contribution < 1.29 is 9.21 Å². The summed E-state index contributed by atoms with van der Waals surface area (Å²) < 4.78 is 5.88. The molecule has 0 atom stereocenters. The van der Waals surface area contributed by atoms with Gasteiger partial charge in [0.05, 0.1) is 12.7 Å². The summed E-state index contributed by atoms with van der Waals surface area (Å²) in [7, 11) is 0. The number of carbonyl (C=O) groups is 1. The summed E-state index contributed by atoms with van der Waals surface area (Å²) in [5, 5.41) is 0. The number of aromatic nitrogens is 3. The van der Waals surface area contributed by atoms with Gasteiger partial charge in [-0.1, -0.05) is 30.3 Å². The first kappa shape index (κ1) is 14.7. The van der Waals surface area contributed by atoms with E-state index in [0.29, 0.717) is 37.5 Å². The van der Waals surface area contributed by atoms with Crippen molar-refractivity contribution in [2.24, 2.45) is 0 Å². The zero-order chi connectivity index (χ0) is 16.5. The van der Waals surface area contributed by atoms with Gasteiger partial charge in [0.15, 0.2) is 5.89 Å². The van der Waals surface area contributed by atoms with E-state index < -0.39 is 0 Å². The lowest BCUT2D eigenvalue weighted by Crippen LogP contribution is -2.36. The Bertz CT molecular complexity index is 866. The summed E-state index contributed by atoms with van der Waals surface area (Å²) in [4.78, 5) is 26.0. The predicted octanol–water partition coefficient (Wildman–Crippen LogP) is 2.50. The number of benzene rings is 1. The number of hydrogen-bond donors (Lipinski definition) is 1. The first-order chi connectivity index (χ1) is 11.7. The van der Waals surface area contributed by atoms with Crippen molar-refractivity contribution >= 4 is 5.91 Å². The van der Waals surface area contributed by atoms with Crippen molar-refractivity contribution in [3.8, 4) is 0 Å². The number of H-pyrrole nitrogens is 1. The highest BCUT2D eigenvalue weighted by molar-refractivity contribution is 5.92. The van der Waals surface area contributed by atoms with Crippen molar-refractivity contribution in [3.05, 3.63) is 71.0 Å². The van der Waals surface area contributed by atoms with E-state index in [1.54, 1.807) is 11.1 Å². The number of amides is 1. The van der Waals surface area contributed by atoms with Gasteiger partial charge in [-0.05, 0) is 12.5 Å². The van der Waals surface area contributed by atoms with Crippen LogP contribution in [0.5, 0.6) is 0 Å². The lowest BCUT2D eigenvalue weighted by Gasteiger charge is -2.24. The number of rotatable bonds is 3. The molecule has 1 aliphatic rings. The topological polar surface area (TPSA) is 75.0 Å². The molecule has 0 spiro atoms. The van der Waals surface area contributed by atoms with Gasteiger partial charge in [-0.2, -0.15) is 0 Å². The van der Waals surface area contributed by atoms with E-state index in [4.69, 9.17) is 4.42 Å². The molecule has 122 valence electrons. The molecule has 24 heavy (non-hydrogen) atoms. The molecule has 3 aromatic rings. The quantitative estimate of drug-likeness (QED) is 0.804. The van der Waals surface area contributed by atoms with Crippen LogP contribution in [0.1, 0.15) is 39.2 Å². The summed E-state index contributed by atoms with van der Waals surface area (Å²) in [5.41, 5.74) is 2.54. The molecule has 2 aromatic heterocycles. The van der Waals surface area contributed by atoms with Crippen molar-refractivity contribution in [3.63, 3.8) is 0 Å². The van der Waals surface area contributed by atoms with E-state index >= 15 is 0 Å². The molecule has 0 saturated carbocycles. The predicted molar refractivity (Wildman–Crippen MR) is 87.5 cm³/mol. The summed E-state index contributed by atoms with van der Waals surface area (Å²) in [6, 6.07) is 10.1. The van der Waals surface area contributed by atoms with Gasteiger partial charge in [0.2, 0.25) is 0 Å². The lowest BCUT2D eigenvalue weighted by molar-refractivity contribution is 0.0722. The van der Waals surface area contributed by atoms with Gasteiger partial charge in [0, 0.05) is 19.4 Å². The number of oxazole rings is 1. The Morgan fingerprint density at radius 3 is 2.92 bits per heavy atom. The van der Waals surface area contributed by atoms with E-state index in [-0.39, 0.29) is 5.91 Å². The number of nitrogens with zero attached hydrogens (tertiary/aromatic N) is 3. The fourth-order valence-electron chi connectivity index (χ4n) is 2.97. The first-order valence-electron chi connectivity index (χ1n) is 8.01. The molecule has 0 aliphatic carbocycles. The zero-order valence-electron chi connectivity index (χ0n) is 13.5. The molecule has 0 fully saturated rings. The monoisotopic (exact) mass is 322 g/mol. The molecule has 1 N–H and O–H groups in total. The SMILES string of the molecule is Cc1ncc(C(=O)N2CCc3oc(Cc4ccccc4)nc3C2)[nH]1. The van der Waals surface area contributed by atoms with Crippen molar-refractivity contribution in [2.45, 2.75) is 26.3 Å². The van der Waals surface area contributed by atoms with Crippen LogP contribution in [-0.2, 0) is 19.4 Å². The second-order valence-electron chi connectivity index (χ2n) is 6.00. The maximum atomic E-state index is 12.5. The average Bonchev–Trinajstić information content (AvgIpc) is 3.20. The standard InChI is InChI=1S/C18H18N4O2/c1-12-19-10-14(20-12)18(23)22-8-7-16-15(11-22)21-17(24-16)9-13-5-3-2-4-6-13/h2-6,10H,7-9,11H2,1H3,(H,19,20). The largest absolute Gasteiger partial charge is 0.445 e. The Morgan fingerprint density at radius 1 is 1.33 bits per heavy atom. The molecular weight excluding hydrogens is 304 g/mol. The molecule has 0 bridgehead atoms. The molecule has 1 aromatic carbocycles. The molecule has 0 unspecified atom stereocenters. The molecule has 6 nitrogen and oxygen atoms in total. The summed E-state index contributed by atoms with van der Waals surface area (Å²) in [5.74, 6) is 2.29. The maximum absolute atomic E-state index is 12.5. The summed E-state index contributed by atoms with van der Waals surface area (Å²) in [6.07, 6.45) is 2.94. The minimum absolute atomic E-state index is 0.0474.